The number of aryl methyl sites for hydroxylation is 2. The maximum Gasteiger partial charge on any atom is 0.286 e. The second-order valence-electron chi connectivity index (χ2n) is 7.23. The molecule has 3 rings (SSSR count). The lowest BCUT2D eigenvalue weighted by molar-refractivity contribution is 0.100. The van der Waals surface area contributed by atoms with Crippen molar-refractivity contribution in [2.24, 2.45) is 4.36 Å². The average molecular weight is 449 g/mol. The topological polar surface area (TPSA) is 77.9 Å². The molecule has 1 atom stereocenters. The number of pyridine rings is 1. The summed E-state index contributed by atoms with van der Waals surface area (Å²) in [6.07, 6.45) is 4.41. The Kier molecular flexibility index (Phi) is 6.96. The minimum absolute atomic E-state index is 0.225. The highest BCUT2D eigenvalue weighted by atomic mass is 32.2. The zero-order valence-electron chi connectivity index (χ0n) is 18.6. The number of aromatic nitrogens is 1. The molecule has 6 nitrogen and oxygen atoms in total. The minimum Gasteiger partial charge on any atom is -0.493 e. The van der Waals surface area contributed by atoms with E-state index >= 15 is 0 Å². The van der Waals surface area contributed by atoms with Gasteiger partial charge in [-0.25, -0.2) is 4.21 Å². The molecule has 2 aromatic carbocycles. The van der Waals surface area contributed by atoms with Crippen LogP contribution in [0.15, 0.2) is 64.1 Å². The lowest BCUT2D eigenvalue weighted by Gasteiger charge is -2.07. The molecule has 0 bridgehead atoms. The molecule has 0 aliphatic heterocycles. The van der Waals surface area contributed by atoms with Crippen LogP contribution in [-0.2, 0) is 9.73 Å². The summed E-state index contributed by atoms with van der Waals surface area (Å²) in [6, 6.07) is 12.3. The Labute approximate surface area is 188 Å². The second kappa shape index (κ2) is 9.67. The molecular formula is C25H24N2O4S. The van der Waals surface area contributed by atoms with Crippen LogP contribution in [0.25, 0.3) is 0 Å². The third-order valence-corrected chi connectivity index (χ3v) is 6.54. The Balaban J connectivity index is 1.89. The molecule has 3 aromatic rings. The fourth-order valence-electron chi connectivity index (χ4n) is 2.90. The molecule has 164 valence electrons. The summed E-state index contributed by atoms with van der Waals surface area (Å²) >= 11 is 0. The molecule has 1 unspecified atom stereocenters. The largest absolute Gasteiger partial charge is 0.493 e. The molecule has 0 aliphatic carbocycles. The molecule has 0 spiro atoms. The number of nitrogens with zero attached hydrogens (tertiary/aromatic N) is 2. The molecule has 0 saturated carbocycles. The van der Waals surface area contributed by atoms with Crippen molar-refractivity contribution in [2.75, 3.05) is 20.5 Å². The fourth-order valence-corrected chi connectivity index (χ4v) is 4.14. The molecule has 0 N–H and O–H groups in total. The fraction of sp³-hybridized carbons (Fsp3) is 0.200. The molecule has 7 heteroatoms. The van der Waals surface area contributed by atoms with Gasteiger partial charge in [-0.2, -0.15) is 4.36 Å². The predicted molar refractivity (Wildman–Crippen MR) is 125 cm³/mol. The lowest BCUT2D eigenvalue weighted by atomic mass is 10.1. The molecule has 32 heavy (non-hydrogen) atoms. The summed E-state index contributed by atoms with van der Waals surface area (Å²) in [5, 5.41) is 0. The van der Waals surface area contributed by atoms with E-state index in [1.54, 1.807) is 50.7 Å². The van der Waals surface area contributed by atoms with Crippen molar-refractivity contribution in [3.63, 3.8) is 0 Å². The van der Waals surface area contributed by atoms with Crippen molar-refractivity contribution in [1.29, 1.82) is 0 Å². The van der Waals surface area contributed by atoms with E-state index in [2.05, 4.69) is 21.2 Å². The third-order valence-electron chi connectivity index (χ3n) is 4.89. The Morgan fingerprint density at radius 1 is 0.906 bits per heavy atom. The summed E-state index contributed by atoms with van der Waals surface area (Å²) in [6.45, 7) is 3.90. The van der Waals surface area contributed by atoms with E-state index in [9.17, 15) is 9.00 Å². The minimum atomic E-state index is -2.89. The summed E-state index contributed by atoms with van der Waals surface area (Å²) in [5.74, 6) is 6.58. The number of rotatable bonds is 4. The maximum atomic E-state index is 13.1. The number of methoxy groups -OCH3 is 2. The molecule has 0 saturated heterocycles. The number of ether oxygens (including phenoxy) is 2. The Bertz CT molecular complexity index is 1360. The molecule has 0 fully saturated rings. The van der Waals surface area contributed by atoms with E-state index in [0.717, 1.165) is 16.7 Å². The van der Waals surface area contributed by atoms with Gasteiger partial charge >= 0.3 is 0 Å². The zero-order chi connectivity index (χ0) is 23.3. The van der Waals surface area contributed by atoms with Crippen LogP contribution in [0.1, 0.15) is 32.6 Å². The van der Waals surface area contributed by atoms with Crippen molar-refractivity contribution in [1.82, 2.24) is 4.98 Å². The van der Waals surface area contributed by atoms with Crippen molar-refractivity contribution >= 4 is 15.6 Å². The second-order valence-corrected chi connectivity index (χ2v) is 9.49. The van der Waals surface area contributed by atoms with Crippen LogP contribution in [0.4, 0.5) is 0 Å². The van der Waals surface area contributed by atoms with Gasteiger partial charge in [-0.3, -0.25) is 9.78 Å². The standard InChI is InChI=1S/C25H24N2O4S/c1-17-6-10-22(12-18(17)2)32(5,29)27-25(28)21-13-20(15-26-16-21)8-7-19-9-11-23(30-3)24(14-19)31-4/h6,9-16H,1-5H3. The van der Waals surface area contributed by atoms with Crippen molar-refractivity contribution in [2.45, 2.75) is 18.7 Å². The van der Waals surface area contributed by atoms with Crippen LogP contribution in [0.3, 0.4) is 0 Å². The number of benzene rings is 2. The van der Waals surface area contributed by atoms with Gasteiger partial charge in [0.25, 0.3) is 5.91 Å². The van der Waals surface area contributed by atoms with Gasteiger partial charge in [0.2, 0.25) is 0 Å². The quantitative estimate of drug-likeness (QED) is 0.553. The van der Waals surface area contributed by atoms with Crippen molar-refractivity contribution < 1.29 is 18.5 Å². The lowest BCUT2D eigenvalue weighted by Crippen LogP contribution is -2.05. The van der Waals surface area contributed by atoms with E-state index in [1.807, 2.05) is 26.0 Å². The Morgan fingerprint density at radius 2 is 1.62 bits per heavy atom. The Hall–Kier alpha value is -3.63. The van der Waals surface area contributed by atoms with Crippen LogP contribution in [0, 0.1) is 25.7 Å². The van der Waals surface area contributed by atoms with Gasteiger partial charge in [-0.05, 0) is 61.4 Å². The number of amides is 1. The van der Waals surface area contributed by atoms with Gasteiger partial charge < -0.3 is 9.47 Å². The van der Waals surface area contributed by atoms with Gasteiger partial charge in [0.15, 0.2) is 11.5 Å². The van der Waals surface area contributed by atoms with Crippen LogP contribution >= 0.6 is 0 Å². The number of hydrogen-bond donors (Lipinski definition) is 0. The smallest absolute Gasteiger partial charge is 0.286 e. The van der Waals surface area contributed by atoms with E-state index in [1.165, 1.54) is 12.5 Å². The van der Waals surface area contributed by atoms with E-state index in [-0.39, 0.29) is 5.56 Å². The molecule has 1 heterocycles. The summed E-state index contributed by atoms with van der Waals surface area (Å²) in [7, 11) is 0.230. The molecule has 0 aliphatic rings. The maximum absolute atomic E-state index is 13.1. The SMILES string of the molecule is COc1ccc(C#Cc2cncc(C(=O)N=S(C)(=O)c3ccc(C)c(C)c3)c2)cc1OC. The first-order valence-electron chi connectivity index (χ1n) is 9.76. The van der Waals surface area contributed by atoms with E-state index in [0.29, 0.717) is 22.0 Å². The average Bonchev–Trinajstić information content (AvgIpc) is 2.79. The highest BCUT2D eigenvalue weighted by Crippen LogP contribution is 2.27. The highest BCUT2D eigenvalue weighted by molar-refractivity contribution is 7.93. The van der Waals surface area contributed by atoms with Crippen LogP contribution in [-0.4, -0.2) is 35.6 Å². The molecule has 1 amide bonds. The van der Waals surface area contributed by atoms with Crippen LogP contribution in [0.2, 0.25) is 0 Å². The summed E-state index contributed by atoms with van der Waals surface area (Å²) < 4.78 is 27.6. The summed E-state index contributed by atoms with van der Waals surface area (Å²) in [4.78, 5) is 17.3. The highest BCUT2D eigenvalue weighted by Gasteiger charge is 2.13. The van der Waals surface area contributed by atoms with Gasteiger partial charge in [0.05, 0.1) is 29.5 Å². The van der Waals surface area contributed by atoms with Crippen LogP contribution < -0.4 is 9.47 Å². The molecule has 1 aromatic heterocycles. The normalized spacial score (nSPS) is 12.2. The summed E-state index contributed by atoms with van der Waals surface area (Å²) in [5.41, 5.74) is 3.56. The van der Waals surface area contributed by atoms with Gasteiger partial charge in [0.1, 0.15) is 0 Å². The van der Waals surface area contributed by atoms with E-state index in [4.69, 9.17) is 9.47 Å². The number of hydrogen-bond acceptors (Lipinski definition) is 5. The predicted octanol–water partition coefficient (Wildman–Crippen LogP) is 4.41. The zero-order valence-corrected chi connectivity index (χ0v) is 19.4. The number of carbonyl (C=O) groups is 1. The first kappa shape index (κ1) is 23.0. The number of carbonyl (C=O) groups excluding carboxylic acids is 1. The monoisotopic (exact) mass is 448 g/mol. The third kappa shape index (κ3) is 5.34. The Morgan fingerprint density at radius 3 is 2.31 bits per heavy atom. The van der Waals surface area contributed by atoms with Crippen molar-refractivity contribution in [3.8, 4) is 23.3 Å². The van der Waals surface area contributed by atoms with Gasteiger partial charge in [0, 0.05) is 34.7 Å². The first-order chi connectivity index (χ1) is 15.2. The van der Waals surface area contributed by atoms with Gasteiger partial charge in [-0.1, -0.05) is 17.9 Å². The first-order valence-corrected chi connectivity index (χ1v) is 11.7. The molecular weight excluding hydrogens is 424 g/mol. The van der Waals surface area contributed by atoms with Crippen LogP contribution in [0.5, 0.6) is 11.5 Å². The molecule has 0 radical (unpaired) electrons. The van der Waals surface area contributed by atoms with E-state index < -0.39 is 15.6 Å². The van der Waals surface area contributed by atoms with Gasteiger partial charge in [-0.15, -0.1) is 0 Å². The van der Waals surface area contributed by atoms with Crippen molar-refractivity contribution in [3.05, 3.63) is 82.7 Å².